The molecule has 7 nitrogen and oxygen atoms in total. The summed E-state index contributed by atoms with van der Waals surface area (Å²) in [6.45, 7) is 1.58. The fraction of sp³-hybridized carbons (Fsp3) is 0.333. The highest BCUT2D eigenvalue weighted by atomic mass is 19.1. The lowest BCUT2D eigenvalue weighted by Crippen LogP contribution is -2.41. The molecule has 1 aromatic heterocycles. The summed E-state index contributed by atoms with van der Waals surface area (Å²) in [5.74, 6) is 1.77. The van der Waals surface area contributed by atoms with Crippen molar-refractivity contribution < 1.29 is 28.5 Å². The fourth-order valence-corrected chi connectivity index (χ4v) is 4.61. The normalized spacial score (nSPS) is 15.3. The Morgan fingerprint density at radius 3 is 2.74 bits per heavy atom. The third-order valence-electron chi connectivity index (χ3n) is 6.63. The minimum Gasteiger partial charge on any atom is -0.507 e. The van der Waals surface area contributed by atoms with Gasteiger partial charge in [0.2, 0.25) is 6.79 Å². The number of piperidine rings is 1. The maximum Gasteiger partial charge on any atom is 0.260 e. The topological polar surface area (TPSA) is 81.1 Å². The molecule has 2 aliphatic heterocycles. The number of halogens is 1. The lowest BCUT2D eigenvalue weighted by atomic mass is 9.90. The molecule has 5 rings (SSSR count). The molecule has 1 fully saturated rings. The van der Waals surface area contributed by atoms with Crippen molar-refractivity contribution in [1.29, 1.82) is 0 Å². The van der Waals surface area contributed by atoms with E-state index in [-0.39, 0.29) is 25.1 Å². The maximum absolute atomic E-state index is 13.4. The first kappa shape index (κ1) is 23.0. The number of ether oxygens (including phenoxy) is 3. The zero-order valence-corrected chi connectivity index (χ0v) is 19.3. The Kier molecular flexibility index (Phi) is 6.70. The van der Waals surface area contributed by atoms with Crippen LogP contribution < -0.4 is 14.2 Å². The molecule has 35 heavy (non-hydrogen) atoms. The van der Waals surface area contributed by atoms with E-state index in [2.05, 4.69) is 17.1 Å². The van der Waals surface area contributed by atoms with Crippen LogP contribution in [0.5, 0.6) is 23.0 Å². The van der Waals surface area contributed by atoms with Crippen molar-refractivity contribution >= 4 is 5.91 Å². The molecule has 3 aromatic rings. The number of pyridine rings is 1. The Bertz CT molecular complexity index is 1210. The van der Waals surface area contributed by atoms with Crippen molar-refractivity contribution in [2.45, 2.75) is 25.7 Å². The number of carbonyl (C=O) groups excluding carboxylic acids is 1. The molecule has 0 saturated carbocycles. The number of amides is 1. The first-order chi connectivity index (χ1) is 17.1. The average molecular weight is 479 g/mol. The minimum absolute atomic E-state index is 0.0784. The van der Waals surface area contributed by atoms with E-state index in [0.717, 1.165) is 43.2 Å². The Morgan fingerprint density at radius 2 is 1.91 bits per heavy atom. The van der Waals surface area contributed by atoms with Crippen LogP contribution >= 0.6 is 0 Å². The first-order valence-corrected chi connectivity index (χ1v) is 11.8. The highest BCUT2D eigenvalue weighted by Gasteiger charge is 2.24. The number of rotatable bonds is 7. The summed E-state index contributed by atoms with van der Waals surface area (Å²) in [6, 6.07) is 11.5. The third kappa shape index (κ3) is 5.31. The number of hydrogen-bond donors (Lipinski definition) is 1. The zero-order chi connectivity index (χ0) is 24.2. The fourth-order valence-electron chi connectivity index (χ4n) is 4.61. The van der Waals surface area contributed by atoms with E-state index in [1.54, 1.807) is 12.3 Å². The van der Waals surface area contributed by atoms with E-state index in [1.807, 2.05) is 11.0 Å². The number of phenolic OH excluding ortho intramolecular Hbond substituents is 1. The van der Waals surface area contributed by atoms with Crippen molar-refractivity contribution in [2.75, 3.05) is 26.5 Å². The van der Waals surface area contributed by atoms with Crippen LogP contribution in [0, 0.1) is 11.7 Å². The van der Waals surface area contributed by atoms with E-state index < -0.39 is 5.82 Å². The lowest BCUT2D eigenvalue weighted by Gasteiger charge is -2.32. The lowest BCUT2D eigenvalue weighted by molar-refractivity contribution is -0.134. The van der Waals surface area contributed by atoms with Crippen LogP contribution in [-0.2, 0) is 11.2 Å². The summed E-state index contributed by atoms with van der Waals surface area (Å²) in [5.41, 5.74) is 2.13. The highest BCUT2D eigenvalue weighted by molar-refractivity contribution is 5.79. The van der Waals surface area contributed by atoms with Gasteiger partial charge in [-0.3, -0.25) is 9.78 Å². The molecule has 0 spiro atoms. The van der Waals surface area contributed by atoms with Gasteiger partial charge in [0.05, 0.1) is 0 Å². The summed E-state index contributed by atoms with van der Waals surface area (Å²) in [5, 5.41) is 10.1. The standard InChI is InChI=1S/C27H27FN2O5/c28-20-4-5-21(23(31)14-20)22-15-29-10-7-24(22)33-16-27(32)30-11-8-18(9-12-30)1-2-19-3-6-25-26(13-19)35-17-34-25/h3-7,10,13-15,18,31H,1-2,8-9,11-12,16-17H2. The number of nitrogens with zero attached hydrogens (tertiary/aromatic N) is 2. The van der Waals surface area contributed by atoms with Gasteiger partial charge in [-0.25, -0.2) is 4.39 Å². The second-order valence-corrected chi connectivity index (χ2v) is 8.87. The number of aromatic hydroxyl groups is 1. The van der Waals surface area contributed by atoms with Gasteiger partial charge in [-0.2, -0.15) is 0 Å². The van der Waals surface area contributed by atoms with Crippen molar-refractivity contribution in [2.24, 2.45) is 5.92 Å². The van der Waals surface area contributed by atoms with Crippen molar-refractivity contribution in [3.8, 4) is 34.1 Å². The van der Waals surface area contributed by atoms with Crippen LogP contribution in [0.15, 0.2) is 54.9 Å². The van der Waals surface area contributed by atoms with E-state index in [9.17, 15) is 14.3 Å². The number of aryl methyl sites for hydroxylation is 1. The Balaban J connectivity index is 1.11. The van der Waals surface area contributed by atoms with Gasteiger partial charge in [-0.1, -0.05) is 6.07 Å². The first-order valence-electron chi connectivity index (χ1n) is 11.8. The molecule has 1 N–H and O–H groups in total. The van der Waals surface area contributed by atoms with Gasteiger partial charge in [0.15, 0.2) is 18.1 Å². The highest BCUT2D eigenvalue weighted by Crippen LogP contribution is 2.36. The Hall–Kier alpha value is -3.81. The SMILES string of the molecule is O=C(COc1ccncc1-c1ccc(F)cc1O)N1CCC(CCc2ccc3c(c2)OCO3)CC1. The van der Waals surface area contributed by atoms with Gasteiger partial charge in [0.1, 0.15) is 17.3 Å². The van der Waals surface area contributed by atoms with Crippen LogP contribution in [0.4, 0.5) is 4.39 Å². The van der Waals surface area contributed by atoms with Gasteiger partial charge < -0.3 is 24.2 Å². The van der Waals surface area contributed by atoms with Gasteiger partial charge in [0.25, 0.3) is 5.91 Å². The minimum atomic E-state index is -0.535. The summed E-state index contributed by atoms with van der Waals surface area (Å²) in [4.78, 5) is 18.7. The number of likely N-dealkylation sites (tertiary alicyclic amines) is 1. The van der Waals surface area contributed by atoms with E-state index in [0.29, 0.717) is 35.9 Å². The number of fused-ring (bicyclic) bond motifs is 1. The predicted octanol–water partition coefficient (Wildman–Crippen LogP) is 4.57. The molecule has 1 amide bonds. The largest absolute Gasteiger partial charge is 0.507 e. The molecular weight excluding hydrogens is 451 g/mol. The molecule has 182 valence electrons. The smallest absolute Gasteiger partial charge is 0.260 e. The molecule has 0 unspecified atom stereocenters. The van der Waals surface area contributed by atoms with E-state index >= 15 is 0 Å². The molecular formula is C27H27FN2O5. The van der Waals surface area contributed by atoms with E-state index in [1.165, 1.54) is 23.9 Å². The molecule has 2 aliphatic rings. The zero-order valence-electron chi connectivity index (χ0n) is 19.3. The Morgan fingerprint density at radius 1 is 1.09 bits per heavy atom. The Labute approximate surface area is 203 Å². The number of aromatic nitrogens is 1. The number of hydrogen-bond acceptors (Lipinski definition) is 6. The van der Waals surface area contributed by atoms with Crippen LogP contribution in [0.1, 0.15) is 24.8 Å². The number of phenols is 1. The average Bonchev–Trinajstić information content (AvgIpc) is 3.35. The van der Waals surface area contributed by atoms with Gasteiger partial charge in [-0.05, 0) is 67.5 Å². The second kappa shape index (κ2) is 10.2. The number of carbonyl (C=O) groups is 1. The molecule has 0 radical (unpaired) electrons. The molecule has 1 saturated heterocycles. The summed E-state index contributed by atoms with van der Waals surface area (Å²) in [6.07, 6.45) is 7.04. The van der Waals surface area contributed by atoms with Crippen LogP contribution in [-0.4, -0.2) is 47.4 Å². The number of benzene rings is 2. The van der Waals surface area contributed by atoms with Crippen molar-refractivity contribution in [3.05, 3.63) is 66.2 Å². The monoisotopic (exact) mass is 478 g/mol. The van der Waals surface area contributed by atoms with Gasteiger partial charge in [-0.15, -0.1) is 0 Å². The molecule has 8 heteroatoms. The molecule has 0 aliphatic carbocycles. The van der Waals surface area contributed by atoms with Crippen molar-refractivity contribution in [1.82, 2.24) is 9.88 Å². The second-order valence-electron chi connectivity index (χ2n) is 8.87. The molecule has 2 aromatic carbocycles. The van der Waals surface area contributed by atoms with E-state index in [4.69, 9.17) is 14.2 Å². The summed E-state index contributed by atoms with van der Waals surface area (Å²) >= 11 is 0. The van der Waals surface area contributed by atoms with Crippen molar-refractivity contribution in [3.63, 3.8) is 0 Å². The third-order valence-corrected chi connectivity index (χ3v) is 6.63. The molecule has 0 atom stereocenters. The summed E-state index contributed by atoms with van der Waals surface area (Å²) < 4.78 is 30.0. The predicted molar refractivity (Wildman–Crippen MR) is 127 cm³/mol. The molecule has 0 bridgehead atoms. The van der Waals surface area contributed by atoms with Gasteiger partial charge >= 0.3 is 0 Å². The van der Waals surface area contributed by atoms with Gasteiger partial charge in [0, 0.05) is 42.7 Å². The van der Waals surface area contributed by atoms with Crippen LogP contribution in [0.25, 0.3) is 11.1 Å². The summed E-state index contributed by atoms with van der Waals surface area (Å²) in [7, 11) is 0. The molecule has 3 heterocycles. The van der Waals surface area contributed by atoms with Crippen LogP contribution in [0.3, 0.4) is 0 Å². The van der Waals surface area contributed by atoms with Crippen LogP contribution in [0.2, 0.25) is 0 Å². The quantitative estimate of drug-likeness (QED) is 0.536. The maximum atomic E-state index is 13.4.